The van der Waals surface area contributed by atoms with Crippen molar-refractivity contribution < 1.29 is 9.30 Å². The normalized spacial score (nSPS) is 12.9. The number of hydrogen-bond acceptors (Lipinski definition) is 1. The van der Waals surface area contributed by atoms with Gasteiger partial charge in [-0.1, -0.05) is 57.2 Å². The summed E-state index contributed by atoms with van der Waals surface area (Å²) in [7, 11) is 2.16. The Labute approximate surface area is 160 Å². The van der Waals surface area contributed by atoms with Crippen LogP contribution in [0.15, 0.2) is 54.6 Å². The summed E-state index contributed by atoms with van der Waals surface area (Å²) in [5.74, 6) is 1.89. The minimum atomic E-state index is 0.0727. The Morgan fingerprint density at radius 1 is 0.889 bits per heavy atom. The topological polar surface area (TPSA) is 13.1 Å². The number of hydrogen-bond donors (Lipinski definition) is 0. The molecule has 2 heteroatoms. The van der Waals surface area contributed by atoms with E-state index in [0.29, 0.717) is 0 Å². The Balaban J connectivity index is 1.96. The molecule has 1 aliphatic rings. The number of pyridine rings is 1. The van der Waals surface area contributed by atoms with Crippen molar-refractivity contribution in [3.05, 3.63) is 65.7 Å². The van der Waals surface area contributed by atoms with Gasteiger partial charge in [-0.05, 0) is 34.9 Å². The molecule has 0 spiro atoms. The van der Waals surface area contributed by atoms with Crippen molar-refractivity contribution in [1.29, 1.82) is 0 Å². The highest BCUT2D eigenvalue weighted by atomic mass is 16.5. The third-order valence-corrected chi connectivity index (χ3v) is 5.77. The van der Waals surface area contributed by atoms with Crippen molar-refractivity contribution in [2.24, 2.45) is 7.05 Å². The van der Waals surface area contributed by atoms with Crippen molar-refractivity contribution in [2.45, 2.75) is 33.1 Å². The summed E-state index contributed by atoms with van der Waals surface area (Å²) in [4.78, 5) is 0. The second-order valence-corrected chi connectivity index (χ2v) is 8.62. The Morgan fingerprint density at radius 2 is 1.67 bits per heavy atom. The summed E-state index contributed by atoms with van der Waals surface area (Å²) in [6.07, 6.45) is 0. The lowest BCUT2D eigenvalue weighted by atomic mass is 9.84. The molecule has 0 N–H and O–H groups in total. The highest BCUT2D eigenvalue weighted by Crippen LogP contribution is 2.47. The number of rotatable bonds is 0. The van der Waals surface area contributed by atoms with E-state index in [2.05, 4.69) is 93.9 Å². The molecule has 1 aliphatic heterocycles. The van der Waals surface area contributed by atoms with Gasteiger partial charge in [-0.2, -0.15) is 4.57 Å². The van der Waals surface area contributed by atoms with E-state index >= 15 is 0 Å². The lowest BCUT2D eigenvalue weighted by Gasteiger charge is -2.24. The maximum absolute atomic E-state index is 6.44. The molecule has 0 unspecified atom stereocenters. The fourth-order valence-corrected chi connectivity index (χ4v) is 4.46. The Morgan fingerprint density at radius 3 is 2.44 bits per heavy atom. The molecular weight excluding hydrogens is 330 g/mol. The molecule has 1 aromatic heterocycles. The zero-order chi connectivity index (χ0) is 18.9. The molecule has 5 rings (SSSR count). The minimum absolute atomic E-state index is 0.0727. The van der Waals surface area contributed by atoms with Gasteiger partial charge in [0.2, 0.25) is 5.52 Å². The summed E-state index contributed by atoms with van der Waals surface area (Å²) in [6.45, 7) is 8.99. The van der Waals surface area contributed by atoms with Crippen LogP contribution in [0.2, 0.25) is 0 Å². The van der Waals surface area contributed by atoms with Crippen LogP contribution >= 0.6 is 0 Å². The maximum atomic E-state index is 6.44. The van der Waals surface area contributed by atoms with E-state index in [4.69, 9.17) is 4.74 Å². The van der Waals surface area contributed by atoms with Crippen LogP contribution in [-0.4, -0.2) is 0 Å². The fraction of sp³-hybridized carbons (Fsp3) is 0.240. The highest BCUT2D eigenvalue weighted by molar-refractivity contribution is 6.04. The Bertz CT molecular complexity index is 1250. The Kier molecular flexibility index (Phi) is 3.22. The molecule has 3 aromatic carbocycles. The molecule has 4 aromatic rings. The Hall–Kier alpha value is -2.87. The van der Waals surface area contributed by atoms with Gasteiger partial charge in [-0.3, -0.25) is 0 Å². The van der Waals surface area contributed by atoms with Crippen molar-refractivity contribution in [1.82, 2.24) is 0 Å². The number of ether oxygens (including phenoxy) is 1. The molecule has 0 atom stereocenters. The first-order chi connectivity index (χ1) is 12.9. The van der Waals surface area contributed by atoms with E-state index in [9.17, 15) is 0 Å². The molecular formula is C25H24NO+. The molecule has 0 radical (unpaired) electrons. The number of fused-ring (bicyclic) bond motifs is 3. The fourth-order valence-electron chi connectivity index (χ4n) is 4.46. The molecule has 2 nitrogen and oxygen atoms in total. The molecule has 0 bridgehead atoms. The van der Waals surface area contributed by atoms with Crippen molar-refractivity contribution >= 4 is 21.7 Å². The average molecular weight is 354 g/mol. The van der Waals surface area contributed by atoms with Crippen molar-refractivity contribution in [2.75, 3.05) is 0 Å². The first kappa shape index (κ1) is 16.3. The van der Waals surface area contributed by atoms with Gasteiger partial charge >= 0.3 is 0 Å². The van der Waals surface area contributed by atoms with Gasteiger partial charge in [-0.15, -0.1) is 0 Å². The van der Waals surface area contributed by atoms with Gasteiger partial charge < -0.3 is 4.74 Å². The van der Waals surface area contributed by atoms with E-state index < -0.39 is 0 Å². The van der Waals surface area contributed by atoms with Crippen LogP contribution in [0.25, 0.3) is 32.9 Å². The smallest absolute Gasteiger partial charge is 0.256 e. The quantitative estimate of drug-likeness (QED) is 0.302. The molecule has 0 aliphatic carbocycles. The maximum Gasteiger partial charge on any atom is 0.256 e. The van der Waals surface area contributed by atoms with Crippen LogP contribution in [-0.2, 0) is 12.5 Å². The van der Waals surface area contributed by atoms with Gasteiger partial charge in [-0.25, -0.2) is 0 Å². The monoisotopic (exact) mass is 354 g/mol. The number of aryl methyl sites for hydroxylation is 2. The molecule has 27 heavy (non-hydrogen) atoms. The minimum Gasteiger partial charge on any atom is -0.450 e. The molecule has 0 saturated carbocycles. The van der Waals surface area contributed by atoms with Gasteiger partial charge in [0.25, 0.3) is 5.69 Å². The van der Waals surface area contributed by atoms with Crippen LogP contribution in [0.1, 0.15) is 31.9 Å². The first-order valence-corrected chi connectivity index (χ1v) is 9.53. The molecule has 134 valence electrons. The van der Waals surface area contributed by atoms with E-state index in [-0.39, 0.29) is 5.41 Å². The SMILES string of the molecule is Cc1ccc2cccc3c2c1-c1c(cc2c(C(C)(C)C)cccc2[n+]1C)O3. The van der Waals surface area contributed by atoms with Gasteiger partial charge in [0.1, 0.15) is 12.8 Å². The number of aromatic nitrogens is 1. The van der Waals surface area contributed by atoms with Crippen LogP contribution in [0.4, 0.5) is 0 Å². The predicted molar refractivity (Wildman–Crippen MR) is 112 cm³/mol. The zero-order valence-corrected chi connectivity index (χ0v) is 16.6. The molecule has 0 saturated heterocycles. The number of nitrogens with zero attached hydrogens (tertiary/aromatic N) is 1. The molecule has 0 amide bonds. The lowest BCUT2D eigenvalue weighted by Crippen LogP contribution is -2.34. The largest absolute Gasteiger partial charge is 0.450 e. The summed E-state index contributed by atoms with van der Waals surface area (Å²) < 4.78 is 8.74. The third kappa shape index (κ3) is 2.22. The molecule has 2 heterocycles. The van der Waals surface area contributed by atoms with Gasteiger partial charge in [0.15, 0.2) is 5.75 Å². The zero-order valence-electron chi connectivity index (χ0n) is 16.6. The third-order valence-electron chi connectivity index (χ3n) is 5.77. The highest BCUT2D eigenvalue weighted by Gasteiger charge is 2.32. The summed E-state index contributed by atoms with van der Waals surface area (Å²) in [6, 6.07) is 19.6. The predicted octanol–water partition coefficient (Wildman–Crippen LogP) is 6.20. The van der Waals surface area contributed by atoms with Crippen LogP contribution < -0.4 is 9.30 Å². The van der Waals surface area contributed by atoms with Gasteiger partial charge in [0, 0.05) is 17.5 Å². The second kappa shape index (κ2) is 5.32. The van der Waals surface area contributed by atoms with Crippen LogP contribution in [0.5, 0.6) is 11.5 Å². The van der Waals surface area contributed by atoms with Crippen LogP contribution in [0.3, 0.4) is 0 Å². The second-order valence-electron chi connectivity index (χ2n) is 8.62. The van der Waals surface area contributed by atoms with E-state index in [0.717, 1.165) is 17.2 Å². The standard InChI is InChI=1S/C25H24NO/c1-15-12-13-16-8-6-11-20-23(16)22(15)24-21(27-20)14-17-18(25(2,3)4)9-7-10-19(17)26(24)5/h6-14H,1-5H3/q+1. The van der Waals surface area contributed by atoms with E-state index in [1.165, 1.54) is 38.4 Å². The summed E-state index contributed by atoms with van der Waals surface area (Å²) in [5, 5.41) is 3.70. The van der Waals surface area contributed by atoms with E-state index in [1.54, 1.807) is 0 Å². The lowest BCUT2D eigenvalue weighted by molar-refractivity contribution is -0.633. The molecule has 0 fully saturated rings. The number of benzene rings is 3. The summed E-state index contributed by atoms with van der Waals surface area (Å²) in [5.41, 5.74) is 6.38. The van der Waals surface area contributed by atoms with Crippen molar-refractivity contribution in [3.8, 4) is 22.8 Å². The van der Waals surface area contributed by atoms with E-state index in [1.807, 2.05) is 0 Å². The van der Waals surface area contributed by atoms with Crippen LogP contribution in [0, 0.1) is 6.92 Å². The summed E-state index contributed by atoms with van der Waals surface area (Å²) >= 11 is 0. The van der Waals surface area contributed by atoms with Crippen molar-refractivity contribution in [3.63, 3.8) is 0 Å². The van der Waals surface area contributed by atoms with Gasteiger partial charge in [0.05, 0.1) is 10.9 Å². The average Bonchev–Trinajstić information content (AvgIpc) is 2.63. The first-order valence-electron chi connectivity index (χ1n) is 9.53.